The Balaban J connectivity index is 2.28. The van der Waals surface area contributed by atoms with Gasteiger partial charge < -0.3 is 5.11 Å². The van der Waals surface area contributed by atoms with Crippen LogP contribution in [0, 0.1) is 11.3 Å². The summed E-state index contributed by atoms with van der Waals surface area (Å²) >= 11 is 6.80. The maximum absolute atomic E-state index is 10.1. The summed E-state index contributed by atoms with van der Waals surface area (Å²) in [6, 6.07) is 4.04. The highest BCUT2D eigenvalue weighted by Crippen LogP contribution is 2.41. The highest BCUT2D eigenvalue weighted by Gasteiger charge is 2.36. The highest BCUT2D eigenvalue weighted by atomic mass is 79.9. The molecule has 1 fully saturated rings. The molecule has 1 aromatic carbocycles. The molecule has 2 atom stereocenters. The second kappa shape index (κ2) is 6.18. The Labute approximate surface area is 137 Å². The van der Waals surface area contributed by atoms with Gasteiger partial charge in [-0.3, -0.25) is 4.99 Å². The minimum atomic E-state index is 0.229. The average molecular weight is 403 g/mol. The van der Waals surface area contributed by atoms with Gasteiger partial charge in [0.2, 0.25) is 0 Å². The fourth-order valence-corrected chi connectivity index (χ4v) is 4.41. The van der Waals surface area contributed by atoms with Crippen molar-refractivity contribution in [1.82, 2.24) is 0 Å². The summed E-state index contributed by atoms with van der Waals surface area (Å²) in [5.41, 5.74) is 0.979. The second-order valence-electron chi connectivity index (χ2n) is 6.41. The van der Waals surface area contributed by atoms with E-state index in [1.807, 2.05) is 18.3 Å². The van der Waals surface area contributed by atoms with E-state index in [0.29, 0.717) is 16.4 Å². The van der Waals surface area contributed by atoms with Gasteiger partial charge in [-0.15, -0.1) is 0 Å². The number of hydrogen-bond donors (Lipinski definition) is 1. The lowest BCUT2D eigenvalue weighted by atomic mass is 9.69. The third kappa shape index (κ3) is 3.45. The van der Waals surface area contributed by atoms with Crippen LogP contribution in [-0.2, 0) is 0 Å². The number of aliphatic imine (C=N–C) groups is 1. The number of phenols is 1. The van der Waals surface area contributed by atoms with E-state index in [9.17, 15) is 5.11 Å². The van der Waals surface area contributed by atoms with E-state index < -0.39 is 0 Å². The Kier molecular flexibility index (Phi) is 4.96. The molecule has 2 rings (SSSR count). The van der Waals surface area contributed by atoms with E-state index >= 15 is 0 Å². The summed E-state index contributed by atoms with van der Waals surface area (Å²) in [6.07, 6.45) is 5.56. The first-order chi connectivity index (χ1) is 9.31. The molecule has 0 spiro atoms. The van der Waals surface area contributed by atoms with Crippen LogP contribution in [0.5, 0.6) is 5.75 Å². The molecule has 110 valence electrons. The minimum absolute atomic E-state index is 0.229. The van der Waals surface area contributed by atoms with Crippen molar-refractivity contribution in [3.8, 4) is 5.75 Å². The molecule has 4 heteroatoms. The number of aromatic hydroxyl groups is 1. The zero-order valence-electron chi connectivity index (χ0n) is 12.2. The number of nitrogens with zero attached hydrogens (tertiary/aromatic N) is 1. The van der Waals surface area contributed by atoms with Gasteiger partial charge in [-0.1, -0.05) is 43.1 Å². The molecule has 1 aliphatic rings. The molecule has 1 aromatic rings. The van der Waals surface area contributed by atoms with Crippen LogP contribution in [0.15, 0.2) is 26.1 Å². The van der Waals surface area contributed by atoms with E-state index in [1.54, 1.807) is 0 Å². The van der Waals surface area contributed by atoms with Crippen molar-refractivity contribution >= 4 is 38.1 Å². The van der Waals surface area contributed by atoms with E-state index in [4.69, 9.17) is 4.99 Å². The third-order valence-electron chi connectivity index (χ3n) is 4.25. The van der Waals surface area contributed by atoms with Gasteiger partial charge in [-0.05, 0) is 52.2 Å². The standard InChI is InChI=1S/C16H21Br2NO/c1-10-5-4-6-16(2,3)15(10)19-9-11-7-12(17)8-13(18)14(11)20/h7-10,15,20H,4-6H2,1-3H3/t10-,15+/m0/s1. The minimum Gasteiger partial charge on any atom is -0.506 e. The van der Waals surface area contributed by atoms with Gasteiger partial charge in [0.1, 0.15) is 5.75 Å². The lowest BCUT2D eigenvalue weighted by Crippen LogP contribution is -2.37. The van der Waals surface area contributed by atoms with Gasteiger partial charge in [0.15, 0.2) is 0 Å². The molecular weight excluding hydrogens is 382 g/mol. The monoisotopic (exact) mass is 401 g/mol. The third-order valence-corrected chi connectivity index (χ3v) is 5.31. The molecule has 0 unspecified atom stereocenters. The maximum Gasteiger partial charge on any atom is 0.138 e. The molecule has 1 N–H and O–H groups in total. The van der Waals surface area contributed by atoms with E-state index in [-0.39, 0.29) is 11.2 Å². The Hall–Kier alpha value is -0.350. The molecule has 0 aliphatic heterocycles. The molecule has 0 aromatic heterocycles. The van der Waals surface area contributed by atoms with Crippen molar-refractivity contribution in [3.63, 3.8) is 0 Å². The molecule has 0 heterocycles. The summed E-state index contributed by atoms with van der Waals surface area (Å²) in [5.74, 6) is 0.839. The zero-order valence-corrected chi connectivity index (χ0v) is 15.3. The Bertz CT molecular complexity index is 525. The van der Waals surface area contributed by atoms with Gasteiger partial charge >= 0.3 is 0 Å². The predicted molar refractivity (Wildman–Crippen MR) is 91.7 cm³/mol. The summed E-state index contributed by atoms with van der Waals surface area (Å²) < 4.78 is 1.61. The number of rotatable bonds is 2. The number of halogens is 2. The van der Waals surface area contributed by atoms with Crippen LogP contribution in [0.2, 0.25) is 0 Å². The molecule has 1 aliphatic carbocycles. The quantitative estimate of drug-likeness (QED) is 0.646. The molecule has 2 nitrogen and oxygen atoms in total. The average Bonchev–Trinajstić information content (AvgIpc) is 2.33. The van der Waals surface area contributed by atoms with Crippen LogP contribution in [0.1, 0.15) is 45.6 Å². The summed E-state index contributed by atoms with van der Waals surface area (Å²) in [4.78, 5) is 4.80. The summed E-state index contributed by atoms with van der Waals surface area (Å²) in [5, 5.41) is 10.1. The van der Waals surface area contributed by atoms with Gasteiger partial charge in [0, 0.05) is 16.3 Å². The van der Waals surface area contributed by atoms with Crippen molar-refractivity contribution < 1.29 is 5.11 Å². The van der Waals surface area contributed by atoms with Crippen molar-refractivity contribution in [2.24, 2.45) is 16.3 Å². The molecule has 0 bridgehead atoms. The van der Waals surface area contributed by atoms with Crippen LogP contribution < -0.4 is 0 Å². The van der Waals surface area contributed by atoms with Gasteiger partial charge in [0.25, 0.3) is 0 Å². The Morgan fingerprint density at radius 3 is 2.70 bits per heavy atom. The van der Waals surface area contributed by atoms with Crippen LogP contribution in [0.4, 0.5) is 0 Å². The lowest BCUT2D eigenvalue weighted by molar-refractivity contribution is 0.151. The first-order valence-corrected chi connectivity index (χ1v) is 8.61. The van der Waals surface area contributed by atoms with Gasteiger partial charge in [0.05, 0.1) is 10.5 Å². The molecular formula is C16H21Br2NO. The Morgan fingerprint density at radius 1 is 1.35 bits per heavy atom. The van der Waals surface area contributed by atoms with E-state index in [0.717, 1.165) is 10.0 Å². The highest BCUT2D eigenvalue weighted by molar-refractivity contribution is 9.11. The molecule has 1 saturated carbocycles. The predicted octanol–water partition coefficient (Wildman–Crippen LogP) is 5.55. The van der Waals surface area contributed by atoms with Crippen molar-refractivity contribution in [3.05, 3.63) is 26.6 Å². The molecule has 0 saturated heterocycles. The molecule has 20 heavy (non-hydrogen) atoms. The smallest absolute Gasteiger partial charge is 0.138 e. The normalized spacial score (nSPS) is 26.1. The largest absolute Gasteiger partial charge is 0.506 e. The topological polar surface area (TPSA) is 32.6 Å². The van der Waals surface area contributed by atoms with Crippen molar-refractivity contribution in [2.75, 3.05) is 0 Å². The fraction of sp³-hybridized carbons (Fsp3) is 0.562. The van der Waals surface area contributed by atoms with Crippen LogP contribution in [0.25, 0.3) is 0 Å². The van der Waals surface area contributed by atoms with E-state index in [2.05, 4.69) is 52.6 Å². The zero-order chi connectivity index (χ0) is 14.9. The van der Waals surface area contributed by atoms with Gasteiger partial charge in [-0.25, -0.2) is 0 Å². The first kappa shape index (κ1) is 16.0. The Morgan fingerprint density at radius 2 is 2.05 bits per heavy atom. The number of hydrogen-bond acceptors (Lipinski definition) is 2. The van der Waals surface area contributed by atoms with Crippen LogP contribution in [-0.4, -0.2) is 17.4 Å². The molecule has 0 amide bonds. The summed E-state index contributed by atoms with van der Waals surface area (Å²) in [7, 11) is 0. The number of benzene rings is 1. The van der Waals surface area contributed by atoms with Crippen molar-refractivity contribution in [2.45, 2.75) is 46.1 Å². The van der Waals surface area contributed by atoms with Crippen LogP contribution >= 0.6 is 31.9 Å². The SMILES string of the molecule is C[C@H]1CCCC(C)(C)[C@@H]1N=Cc1cc(Br)cc(Br)c1O. The van der Waals surface area contributed by atoms with Crippen LogP contribution in [0.3, 0.4) is 0 Å². The fourth-order valence-electron chi connectivity index (χ4n) is 3.15. The van der Waals surface area contributed by atoms with E-state index in [1.165, 1.54) is 19.3 Å². The first-order valence-electron chi connectivity index (χ1n) is 7.02. The summed E-state index contributed by atoms with van der Waals surface area (Å²) in [6.45, 7) is 6.86. The van der Waals surface area contributed by atoms with Gasteiger partial charge in [-0.2, -0.15) is 0 Å². The second-order valence-corrected chi connectivity index (χ2v) is 8.18. The molecule has 0 radical (unpaired) electrons. The number of phenolic OH excluding ortho intramolecular Hbond substituents is 1. The lowest BCUT2D eigenvalue weighted by Gasteiger charge is -2.40. The van der Waals surface area contributed by atoms with Crippen molar-refractivity contribution in [1.29, 1.82) is 0 Å². The maximum atomic E-state index is 10.1.